The normalized spacial score (nSPS) is 21.1. The number of anilines is 1. The van der Waals surface area contributed by atoms with E-state index in [1.54, 1.807) is 11.6 Å². The summed E-state index contributed by atoms with van der Waals surface area (Å²) in [5.74, 6) is 2.58. The van der Waals surface area contributed by atoms with Crippen molar-refractivity contribution in [2.24, 2.45) is 5.41 Å². The van der Waals surface area contributed by atoms with Crippen molar-refractivity contribution in [3.63, 3.8) is 0 Å². The van der Waals surface area contributed by atoms with E-state index in [1.165, 1.54) is 5.56 Å². The quantitative estimate of drug-likeness (QED) is 0.439. The van der Waals surface area contributed by atoms with Crippen molar-refractivity contribution in [2.75, 3.05) is 51.3 Å². The van der Waals surface area contributed by atoms with Crippen LogP contribution in [0.2, 0.25) is 0 Å². The van der Waals surface area contributed by atoms with Gasteiger partial charge in [-0.1, -0.05) is 38.0 Å². The molecule has 2 fully saturated rings. The molecule has 0 N–H and O–H groups in total. The van der Waals surface area contributed by atoms with E-state index in [0.29, 0.717) is 36.3 Å². The molecule has 0 radical (unpaired) electrons. The first-order valence-corrected chi connectivity index (χ1v) is 14.4. The Morgan fingerprint density at radius 3 is 2.27 bits per heavy atom. The third kappa shape index (κ3) is 6.01. The second kappa shape index (κ2) is 11.6. The van der Waals surface area contributed by atoms with Gasteiger partial charge in [-0.3, -0.25) is 9.69 Å². The van der Waals surface area contributed by atoms with E-state index in [0.717, 1.165) is 57.1 Å². The number of hydrogen-bond donors (Lipinski definition) is 0. The molecule has 2 unspecified atom stereocenters. The van der Waals surface area contributed by atoms with Gasteiger partial charge in [-0.2, -0.15) is 4.52 Å². The molecule has 10 nitrogen and oxygen atoms in total. The zero-order chi connectivity index (χ0) is 28.4. The lowest BCUT2D eigenvalue weighted by Gasteiger charge is -2.45. The number of methoxy groups -OCH3 is 1. The Balaban J connectivity index is 1.09. The Morgan fingerprint density at radius 1 is 0.975 bits per heavy atom. The highest BCUT2D eigenvalue weighted by molar-refractivity contribution is 5.81. The summed E-state index contributed by atoms with van der Waals surface area (Å²) in [5, 5.41) is 12.8. The first kappa shape index (κ1) is 28.1. The van der Waals surface area contributed by atoms with Crippen molar-refractivity contribution in [1.82, 2.24) is 29.6 Å². The molecule has 40 heavy (non-hydrogen) atoms. The first-order valence-electron chi connectivity index (χ1n) is 14.4. The monoisotopic (exact) mass is 549 g/mol. The number of aromatic nitrogens is 4. The molecule has 2 aromatic heterocycles. The molecular weight excluding hydrogens is 506 g/mol. The molecule has 0 saturated carbocycles. The summed E-state index contributed by atoms with van der Waals surface area (Å²) >= 11 is 0. The highest BCUT2D eigenvalue weighted by atomic mass is 16.5. The summed E-state index contributed by atoms with van der Waals surface area (Å²) < 4.78 is 13.0. The van der Waals surface area contributed by atoms with Crippen LogP contribution in [-0.4, -0.2) is 94.0 Å². The standard InChI is InChI=1S/C30H43N7O3/c1-21-19-35(28(38)30(3,4)5)20-22(2)36(21)17-18-40-25-9-7-23(8-10-25)24-13-15-34(16-14-24)27-12-11-26-31-32-29(39-6)37(26)33-27/h7-12,21-22,24H,13-20H2,1-6H3. The average Bonchev–Trinajstić information content (AvgIpc) is 3.36. The molecule has 10 heteroatoms. The van der Waals surface area contributed by atoms with Gasteiger partial charge in [0, 0.05) is 50.2 Å². The second-order valence-electron chi connectivity index (χ2n) is 12.2. The number of amides is 1. The maximum atomic E-state index is 12.8. The topological polar surface area (TPSA) is 88.3 Å². The van der Waals surface area contributed by atoms with Crippen LogP contribution in [0.15, 0.2) is 36.4 Å². The minimum absolute atomic E-state index is 0.235. The zero-order valence-electron chi connectivity index (χ0n) is 24.7. The van der Waals surface area contributed by atoms with Crippen molar-refractivity contribution >= 4 is 17.4 Å². The first-order chi connectivity index (χ1) is 19.1. The van der Waals surface area contributed by atoms with Crippen LogP contribution in [0.4, 0.5) is 5.82 Å². The Bertz CT molecular complexity index is 1280. The summed E-state index contributed by atoms with van der Waals surface area (Å²) in [6, 6.07) is 13.6. The predicted octanol–water partition coefficient (Wildman–Crippen LogP) is 3.86. The van der Waals surface area contributed by atoms with Crippen molar-refractivity contribution in [2.45, 2.75) is 65.5 Å². The molecule has 0 spiro atoms. The van der Waals surface area contributed by atoms with Crippen LogP contribution in [0, 0.1) is 5.41 Å². The van der Waals surface area contributed by atoms with Crippen LogP contribution in [0.25, 0.3) is 5.65 Å². The molecule has 2 atom stereocenters. The predicted molar refractivity (Wildman–Crippen MR) is 155 cm³/mol. The lowest BCUT2D eigenvalue weighted by Crippen LogP contribution is -2.60. The van der Waals surface area contributed by atoms with E-state index in [-0.39, 0.29) is 11.3 Å². The Labute approximate surface area is 237 Å². The molecule has 3 aromatic rings. The molecule has 2 saturated heterocycles. The second-order valence-corrected chi connectivity index (χ2v) is 12.2. The SMILES string of the molecule is COc1nnc2ccc(N3CCC(c4ccc(OCCN5C(C)CN(C(=O)C(C)(C)C)CC5C)cc4)CC3)nn12. The number of carbonyl (C=O) groups is 1. The summed E-state index contributed by atoms with van der Waals surface area (Å²) in [6.07, 6.45) is 2.14. The minimum Gasteiger partial charge on any atom is -0.492 e. The number of fused-ring (bicyclic) bond motifs is 1. The van der Waals surface area contributed by atoms with Crippen LogP contribution in [0.1, 0.15) is 58.9 Å². The fourth-order valence-corrected chi connectivity index (χ4v) is 6.04. The van der Waals surface area contributed by atoms with E-state index < -0.39 is 0 Å². The highest BCUT2D eigenvalue weighted by Gasteiger charge is 2.35. The smallest absolute Gasteiger partial charge is 0.338 e. The zero-order valence-corrected chi connectivity index (χ0v) is 24.7. The summed E-state index contributed by atoms with van der Waals surface area (Å²) in [6.45, 7) is 15.3. The number of hydrogen-bond acceptors (Lipinski definition) is 8. The van der Waals surface area contributed by atoms with Gasteiger partial charge in [0.2, 0.25) is 5.91 Å². The fourth-order valence-electron chi connectivity index (χ4n) is 6.04. The van der Waals surface area contributed by atoms with Gasteiger partial charge in [-0.05, 0) is 62.4 Å². The van der Waals surface area contributed by atoms with Crippen molar-refractivity contribution < 1.29 is 14.3 Å². The Kier molecular flexibility index (Phi) is 8.16. The Morgan fingerprint density at radius 2 is 1.65 bits per heavy atom. The van der Waals surface area contributed by atoms with Gasteiger partial charge < -0.3 is 19.3 Å². The van der Waals surface area contributed by atoms with Gasteiger partial charge in [0.1, 0.15) is 18.2 Å². The van der Waals surface area contributed by atoms with Gasteiger partial charge in [-0.15, -0.1) is 10.2 Å². The minimum atomic E-state index is -0.340. The van der Waals surface area contributed by atoms with Crippen molar-refractivity contribution in [3.05, 3.63) is 42.0 Å². The number of benzene rings is 1. The average molecular weight is 550 g/mol. The van der Waals surface area contributed by atoms with Crippen molar-refractivity contribution in [3.8, 4) is 11.8 Å². The van der Waals surface area contributed by atoms with Crippen molar-refractivity contribution in [1.29, 1.82) is 0 Å². The summed E-state index contributed by atoms with van der Waals surface area (Å²) in [5.41, 5.74) is 1.70. The number of piperidine rings is 1. The van der Waals surface area contributed by atoms with Gasteiger partial charge in [0.05, 0.1) is 7.11 Å². The number of ether oxygens (including phenoxy) is 2. The molecular formula is C30H43N7O3. The van der Waals surface area contributed by atoms with Crippen LogP contribution >= 0.6 is 0 Å². The summed E-state index contributed by atoms with van der Waals surface area (Å²) in [7, 11) is 1.58. The lowest BCUT2D eigenvalue weighted by atomic mass is 9.89. The molecule has 4 heterocycles. The number of nitrogens with zero attached hydrogens (tertiary/aromatic N) is 7. The lowest BCUT2D eigenvalue weighted by molar-refractivity contribution is -0.144. The molecule has 1 aromatic carbocycles. The maximum Gasteiger partial charge on any atom is 0.338 e. The van der Waals surface area contributed by atoms with Crippen LogP contribution in [0.5, 0.6) is 11.8 Å². The number of rotatable bonds is 7. The van der Waals surface area contributed by atoms with E-state index in [9.17, 15) is 4.79 Å². The van der Waals surface area contributed by atoms with E-state index in [1.807, 2.05) is 37.8 Å². The fraction of sp³-hybridized carbons (Fsp3) is 0.600. The summed E-state index contributed by atoms with van der Waals surface area (Å²) in [4.78, 5) is 19.6. The molecule has 1 amide bonds. The molecule has 2 aliphatic heterocycles. The molecule has 0 aliphatic carbocycles. The number of carbonyl (C=O) groups excluding carboxylic acids is 1. The third-order valence-corrected chi connectivity index (χ3v) is 8.22. The van der Waals surface area contributed by atoms with Gasteiger partial charge in [0.15, 0.2) is 5.65 Å². The third-order valence-electron chi connectivity index (χ3n) is 8.22. The highest BCUT2D eigenvalue weighted by Crippen LogP contribution is 2.31. The molecule has 5 rings (SSSR count). The van der Waals surface area contributed by atoms with E-state index >= 15 is 0 Å². The van der Waals surface area contributed by atoms with E-state index in [4.69, 9.17) is 9.47 Å². The number of piperazine rings is 1. The maximum absolute atomic E-state index is 12.8. The molecule has 2 aliphatic rings. The largest absolute Gasteiger partial charge is 0.492 e. The van der Waals surface area contributed by atoms with Gasteiger partial charge >= 0.3 is 6.01 Å². The Hall–Kier alpha value is -3.40. The van der Waals surface area contributed by atoms with Gasteiger partial charge in [0.25, 0.3) is 0 Å². The van der Waals surface area contributed by atoms with E-state index in [2.05, 4.69) is 63.2 Å². The van der Waals surface area contributed by atoms with Crippen LogP contribution in [-0.2, 0) is 4.79 Å². The van der Waals surface area contributed by atoms with Crippen LogP contribution < -0.4 is 14.4 Å². The van der Waals surface area contributed by atoms with Crippen LogP contribution in [0.3, 0.4) is 0 Å². The molecule has 0 bridgehead atoms. The molecule has 216 valence electrons. The van der Waals surface area contributed by atoms with Gasteiger partial charge in [-0.25, -0.2) is 0 Å².